The van der Waals surface area contributed by atoms with Gasteiger partial charge in [0.05, 0.1) is 10.4 Å². The van der Waals surface area contributed by atoms with Crippen molar-refractivity contribution in [2.24, 2.45) is 7.05 Å². The minimum Gasteiger partial charge on any atom is -0.349 e. The number of aromatic amines is 1. The van der Waals surface area contributed by atoms with Gasteiger partial charge in [0.25, 0.3) is 5.56 Å². The molecule has 0 radical (unpaired) electrons. The van der Waals surface area contributed by atoms with Crippen molar-refractivity contribution >= 4 is 21.1 Å². The molecule has 0 saturated heterocycles. The smallest absolute Gasteiger partial charge is 0.331 e. The highest BCUT2D eigenvalue weighted by atomic mass is 32.2. The van der Waals surface area contributed by atoms with Gasteiger partial charge in [-0.1, -0.05) is 25.1 Å². The van der Waals surface area contributed by atoms with E-state index in [2.05, 4.69) is 14.7 Å². The molecule has 0 unspecified atom stereocenters. The van der Waals surface area contributed by atoms with E-state index < -0.39 is 10.0 Å². The van der Waals surface area contributed by atoms with Crippen LogP contribution in [0.15, 0.2) is 69.3 Å². The zero-order valence-electron chi connectivity index (χ0n) is 17.7. The summed E-state index contributed by atoms with van der Waals surface area (Å²) in [6.07, 6.45) is 3.89. The van der Waals surface area contributed by atoms with Crippen LogP contribution in [0.2, 0.25) is 0 Å². The van der Waals surface area contributed by atoms with Gasteiger partial charge in [0.1, 0.15) is 5.52 Å². The van der Waals surface area contributed by atoms with Gasteiger partial charge in [-0.15, -0.1) is 0 Å². The molecule has 1 aromatic carbocycles. The van der Waals surface area contributed by atoms with E-state index in [0.29, 0.717) is 35.3 Å². The lowest BCUT2D eigenvalue weighted by atomic mass is 10.1. The van der Waals surface area contributed by atoms with Crippen molar-refractivity contribution in [1.29, 1.82) is 0 Å². The lowest BCUT2D eigenvalue weighted by Gasteiger charge is -2.07. The maximum absolute atomic E-state index is 12.7. The molecule has 166 valence electrons. The molecule has 0 saturated carbocycles. The third-order valence-corrected chi connectivity index (χ3v) is 6.66. The van der Waals surface area contributed by atoms with Crippen molar-refractivity contribution in [2.75, 3.05) is 0 Å². The summed E-state index contributed by atoms with van der Waals surface area (Å²) in [5.74, 6) is 0. The zero-order chi connectivity index (χ0) is 22.9. The average molecular weight is 454 g/mol. The topological polar surface area (TPSA) is 119 Å². The number of nitrogens with one attached hydrogen (secondary N) is 2. The number of rotatable bonds is 7. The number of benzene rings is 1. The molecule has 4 rings (SSSR count). The van der Waals surface area contributed by atoms with E-state index in [1.165, 1.54) is 21.3 Å². The molecule has 0 bridgehead atoms. The molecular formula is C22H23N5O4S. The standard InChI is InChI=1S/C22H23N5O4S/c1-3-11-27-21(28)20-19(26(2)22(27)29)12-18(25-20)16-6-8-17(9-7-16)32(30,31)24-14-15-5-4-10-23-13-15/h4-10,12-13,24-25H,3,11,14H2,1-2H3. The van der Waals surface area contributed by atoms with E-state index in [-0.39, 0.29) is 22.7 Å². The van der Waals surface area contributed by atoms with Crippen LogP contribution in [-0.4, -0.2) is 27.5 Å². The molecule has 0 aliphatic carbocycles. The summed E-state index contributed by atoms with van der Waals surface area (Å²) in [6, 6.07) is 11.6. The highest BCUT2D eigenvalue weighted by Crippen LogP contribution is 2.23. The Morgan fingerprint density at radius 1 is 1.12 bits per heavy atom. The molecule has 0 aliphatic rings. The van der Waals surface area contributed by atoms with E-state index in [1.54, 1.807) is 49.8 Å². The number of hydrogen-bond donors (Lipinski definition) is 2. The Morgan fingerprint density at radius 2 is 1.88 bits per heavy atom. The summed E-state index contributed by atoms with van der Waals surface area (Å²) >= 11 is 0. The third-order valence-electron chi connectivity index (χ3n) is 5.25. The highest BCUT2D eigenvalue weighted by Gasteiger charge is 2.16. The first-order valence-electron chi connectivity index (χ1n) is 10.1. The fraction of sp³-hybridized carbons (Fsp3) is 0.227. The molecule has 3 aromatic heterocycles. The lowest BCUT2D eigenvalue weighted by Crippen LogP contribution is -2.38. The number of aryl methyl sites for hydroxylation is 1. The van der Waals surface area contributed by atoms with Crippen molar-refractivity contribution in [3.63, 3.8) is 0 Å². The predicted octanol–water partition coefficient (Wildman–Crippen LogP) is 1.98. The molecule has 0 aliphatic heterocycles. The molecule has 0 spiro atoms. The van der Waals surface area contributed by atoms with E-state index in [9.17, 15) is 18.0 Å². The quantitative estimate of drug-likeness (QED) is 0.444. The van der Waals surface area contributed by atoms with Gasteiger partial charge in [-0.3, -0.25) is 18.9 Å². The van der Waals surface area contributed by atoms with Crippen molar-refractivity contribution in [3.8, 4) is 11.3 Å². The van der Waals surface area contributed by atoms with Gasteiger partial charge in [-0.25, -0.2) is 17.9 Å². The lowest BCUT2D eigenvalue weighted by molar-refractivity contribution is 0.581. The average Bonchev–Trinajstić information content (AvgIpc) is 3.26. The number of aromatic nitrogens is 4. The van der Waals surface area contributed by atoms with E-state index >= 15 is 0 Å². The molecule has 0 atom stereocenters. The molecule has 0 fully saturated rings. The number of nitrogens with zero attached hydrogens (tertiary/aromatic N) is 3. The fourth-order valence-electron chi connectivity index (χ4n) is 3.53. The first-order valence-corrected chi connectivity index (χ1v) is 11.6. The maximum atomic E-state index is 12.7. The van der Waals surface area contributed by atoms with Gasteiger partial charge in [0, 0.05) is 38.2 Å². The molecule has 2 N–H and O–H groups in total. The van der Waals surface area contributed by atoms with Crippen LogP contribution in [-0.2, 0) is 30.2 Å². The Balaban J connectivity index is 1.64. The Labute approximate surface area is 184 Å². The third kappa shape index (κ3) is 4.02. The summed E-state index contributed by atoms with van der Waals surface area (Å²) < 4.78 is 30.4. The Hall–Kier alpha value is -3.50. The van der Waals surface area contributed by atoms with Gasteiger partial charge in [-0.2, -0.15) is 0 Å². The van der Waals surface area contributed by atoms with Crippen molar-refractivity contribution in [2.45, 2.75) is 31.3 Å². The number of H-pyrrole nitrogens is 1. The van der Waals surface area contributed by atoms with Crippen LogP contribution in [0.5, 0.6) is 0 Å². The first-order chi connectivity index (χ1) is 15.3. The molecule has 0 amide bonds. The normalized spacial score (nSPS) is 11.8. The van der Waals surface area contributed by atoms with E-state index in [0.717, 1.165) is 5.56 Å². The van der Waals surface area contributed by atoms with Crippen molar-refractivity contribution in [3.05, 3.63) is 81.3 Å². The SMILES string of the molecule is CCCn1c(=O)c2[nH]c(-c3ccc(S(=O)(=O)NCc4cccnc4)cc3)cc2n(C)c1=O. The second-order valence-electron chi connectivity index (χ2n) is 7.45. The highest BCUT2D eigenvalue weighted by molar-refractivity contribution is 7.89. The minimum absolute atomic E-state index is 0.124. The van der Waals surface area contributed by atoms with Crippen LogP contribution in [0.3, 0.4) is 0 Å². The predicted molar refractivity (Wildman–Crippen MR) is 122 cm³/mol. The van der Waals surface area contributed by atoms with Gasteiger partial charge in [0.2, 0.25) is 10.0 Å². The molecule has 4 aromatic rings. The van der Waals surface area contributed by atoms with Crippen LogP contribution in [0, 0.1) is 0 Å². The van der Waals surface area contributed by atoms with E-state index in [1.807, 2.05) is 6.92 Å². The molecular weight excluding hydrogens is 430 g/mol. The van der Waals surface area contributed by atoms with Gasteiger partial charge in [-0.05, 0) is 41.8 Å². The largest absolute Gasteiger partial charge is 0.349 e. The summed E-state index contributed by atoms with van der Waals surface area (Å²) in [5, 5.41) is 0. The van der Waals surface area contributed by atoms with Crippen LogP contribution in [0.25, 0.3) is 22.3 Å². The molecule has 3 heterocycles. The second-order valence-corrected chi connectivity index (χ2v) is 9.22. The number of hydrogen-bond acceptors (Lipinski definition) is 5. The van der Waals surface area contributed by atoms with Gasteiger partial charge < -0.3 is 4.98 Å². The minimum atomic E-state index is -3.70. The Bertz CT molecular complexity index is 1480. The fourth-order valence-corrected chi connectivity index (χ4v) is 4.55. The van der Waals surface area contributed by atoms with Crippen LogP contribution in [0.4, 0.5) is 0 Å². The number of fused-ring (bicyclic) bond motifs is 1. The van der Waals surface area contributed by atoms with Crippen LogP contribution in [0.1, 0.15) is 18.9 Å². The van der Waals surface area contributed by atoms with Crippen molar-refractivity contribution in [1.82, 2.24) is 23.8 Å². The summed E-state index contributed by atoms with van der Waals surface area (Å²) in [5.41, 5.74) is 2.17. The monoisotopic (exact) mass is 453 g/mol. The molecule has 32 heavy (non-hydrogen) atoms. The Morgan fingerprint density at radius 3 is 2.53 bits per heavy atom. The first kappa shape index (κ1) is 21.7. The number of pyridine rings is 1. The van der Waals surface area contributed by atoms with E-state index in [4.69, 9.17) is 0 Å². The van der Waals surface area contributed by atoms with Gasteiger partial charge in [0.15, 0.2) is 0 Å². The maximum Gasteiger partial charge on any atom is 0.331 e. The second kappa shape index (κ2) is 8.56. The Kier molecular flexibility index (Phi) is 5.81. The summed E-state index contributed by atoms with van der Waals surface area (Å²) in [6.45, 7) is 2.38. The molecule has 9 nitrogen and oxygen atoms in total. The molecule has 10 heteroatoms. The van der Waals surface area contributed by atoms with Gasteiger partial charge >= 0.3 is 5.69 Å². The van der Waals surface area contributed by atoms with Crippen molar-refractivity contribution < 1.29 is 8.42 Å². The van der Waals surface area contributed by atoms with Crippen LogP contribution >= 0.6 is 0 Å². The summed E-state index contributed by atoms with van der Waals surface area (Å²) in [7, 11) is -2.08. The number of sulfonamides is 1. The zero-order valence-corrected chi connectivity index (χ0v) is 18.5. The van der Waals surface area contributed by atoms with Crippen LogP contribution < -0.4 is 16.0 Å². The summed E-state index contributed by atoms with van der Waals surface area (Å²) in [4.78, 5) is 32.4.